The van der Waals surface area contributed by atoms with Gasteiger partial charge < -0.3 is 15.3 Å². The molecule has 2 rings (SSSR count). The van der Waals surface area contributed by atoms with E-state index in [0.29, 0.717) is 19.4 Å². The smallest absolute Gasteiger partial charge is 0.316 e. The minimum Gasteiger partial charge on any atom is -0.396 e. The first-order chi connectivity index (χ1) is 10.0. The second kappa shape index (κ2) is 6.72. The van der Waals surface area contributed by atoms with E-state index in [2.05, 4.69) is 5.32 Å². The molecule has 0 radical (unpaired) electrons. The van der Waals surface area contributed by atoms with E-state index >= 15 is 0 Å². The van der Waals surface area contributed by atoms with Crippen molar-refractivity contribution in [3.05, 3.63) is 29.3 Å². The highest BCUT2D eigenvalue weighted by atomic mass is 16.3. The van der Waals surface area contributed by atoms with Crippen molar-refractivity contribution in [2.75, 3.05) is 18.1 Å². The largest absolute Gasteiger partial charge is 0.396 e. The normalized spacial score (nSPS) is 14.7. The molecule has 1 aliphatic heterocycles. The molecule has 5 nitrogen and oxygen atoms in total. The lowest BCUT2D eigenvalue weighted by atomic mass is 10.1. The summed E-state index contributed by atoms with van der Waals surface area (Å²) < 4.78 is 0. The minimum absolute atomic E-state index is 0.0902. The third kappa shape index (κ3) is 3.42. The third-order valence-electron chi connectivity index (χ3n) is 3.87. The van der Waals surface area contributed by atoms with Crippen LogP contribution in [0.1, 0.15) is 30.9 Å². The summed E-state index contributed by atoms with van der Waals surface area (Å²) in [6, 6.07) is 5.69. The Morgan fingerprint density at radius 1 is 1.43 bits per heavy atom. The van der Waals surface area contributed by atoms with E-state index < -0.39 is 11.8 Å². The summed E-state index contributed by atoms with van der Waals surface area (Å²) >= 11 is 0. The van der Waals surface area contributed by atoms with E-state index in [1.165, 1.54) is 0 Å². The summed E-state index contributed by atoms with van der Waals surface area (Å²) in [6.07, 6.45) is 2.06. The topological polar surface area (TPSA) is 69.6 Å². The van der Waals surface area contributed by atoms with Gasteiger partial charge in [-0.15, -0.1) is 0 Å². The van der Waals surface area contributed by atoms with Crippen molar-refractivity contribution in [2.24, 2.45) is 0 Å². The fraction of sp³-hybridized carbons (Fsp3) is 0.500. The summed E-state index contributed by atoms with van der Waals surface area (Å²) in [7, 11) is 0. The molecule has 114 valence electrons. The number of hydrogen-bond donors (Lipinski definition) is 2. The molecule has 1 heterocycles. The van der Waals surface area contributed by atoms with Gasteiger partial charge in [0.25, 0.3) is 0 Å². The highest BCUT2D eigenvalue weighted by Gasteiger charge is 2.30. The number of hydrogen-bond acceptors (Lipinski definition) is 3. The molecule has 21 heavy (non-hydrogen) atoms. The van der Waals surface area contributed by atoms with Crippen LogP contribution in [-0.4, -0.2) is 36.1 Å². The van der Waals surface area contributed by atoms with Crippen LogP contribution in [0.25, 0.3) is 0 Å². The SMILES string of the molecule is Cc1cccc2c1CCN2C(=O)C(=O)NC(C)CCCO. The van der Waals surface area contributed by atoms with E-state index in [4.69, 9.17) is 5.11 Å². The number of aliphatic hydroxyl groups is 1. The molecule has 0 bridgehead atoms. The third-order valence-corrected chi connectivity index (χ3v) is 3.87. The van der Waals surface area contributed by atoms with Gasteiger partial charge in [0, 0.05) is 24.9 Å². The van der Waals surface area contributed by atoms with Crippen LogP contribution in [0.5, 0.6) is 0 Å². The number of benzene rings is 1. The van der Waals surface area contributed by atoms with Crippen molar-refractivity contribution in [3.63, 3.8) is 0 Å². The second-order valence-electron chi connectivity index (χ2n) is 5.52. The number of fused-ring (bicyclic) bond motifs is 1. The molecule has 1 aliphatic rings. The summed E-state index contributed by atoms with van der Waals surface area (Å²) in [6.45, 7) is 4.50. The number of nitrogens with zero attached hydrogens (tertiary/aromatic N) is 1. The van der Waals surface area contributed by atoms with Crippen LogP contribution in [-0.2, 0) is 16.0 Å². The Morgan fingerprint density at radius 2 is 2.19 bits per heavy atom. The second-order valence-corrected chi connectivity index (χ2v) is 5.52. The van der Waals surface area contributed by atoms with Crippen LogP contribution >= 0.6 is 0 Å². The van der Waals surface area contributed by atoms with Gasteiger partial charge in [-0.25, -0.2) is 0 Å². The van der Waals surface area contributed by atoms with Crippen LogP contribution in [0, 0.1) is 6.92 Å². The molecule has 0 saturated heterocycles. The quantitative estimate of drug-likeness (QED) is 0.818. The minimum atomic E-state index is -0.574. The maximum Gasteiger partial charge on any atom is 0.316 e. The fourth-order valence-corrected chi connectivity index (χ4v) is 2.70. The summed E-state index contributed by atoms with van der Waals surface area (Å²) in [4.78, 5) is 25.9. The Bertz CT molecular complexity index is 542. The zero-order chi connectivity index (χ0) is 15.4. The summed E-state index contributed by atoms with van der Waals surface area (Å²) in [5, 5.41) is 11.5. The zero-order valence-electron chi connectivity index (χ0n) is 12.6. The van der Waals surface area contributed by atoms with Crippen LogP contribution < -0.4 is 10.2 Å². The van der Waals surface area contributed by atoms with Crippen LogP contribution in [0.2, 0.25) is 0 Å². The fourth-order valence-electron chi connectivity index (χ4n) is 2.70. The van der Waals surface area contributed by atoms with Gasteiger partial charge in [0.15, 0.2) is 0 Å². The molecule has 0 aliphatic carbocycles. The number of nitrogens with one attached hydrogen (secondary N) is 1. The zero-order valence-corrected chi connectivity index (χ0v) is 12.6. The lowest BCUT2D eigenvalue weighted by Gasteiger charge is -2.19. The Morgan fingerprint density at radius 3 is 2.90 bits per heavy atom. The van der Waals surface area contributed by atoms with Crippen LogP contribution in [0.3, 0.4) is 0 Å². The summed E-state index contributed by atoms with van der Waals surface area (Å²) in [5.41, 5.74) is 3.14. The number of carbonyl (C=O) groups is 2. The molecule has 0 fully saturated rings. The van der Waals surface area contributed by atoms with Gasteiger partial charge in [-0.3, -0.25) is 9.59 Å². The molecule has 1 unspecified atom stereocenters. The standard InChI is InChI=1S/C16H22N2O3/c1-11-5-3-7-14-13(11)8-9-18(14)16(21)15(20)17-12(2)6-4-10-19/h3,5,7,12,19H,4,6,8-10H2,1-2H3,(H,17,20). The lowest BCUT2D eigenvalue weighted by Crippen LogP contribution is -2.45. The van der Waals surface area contributed by atoms with Gasteiger partial charge in [-0.2, -0.15) is 0 Å². The van der Waals surface area contributed by atoms with E-state index in [9.17, 15) is 9.59 Å². The van der Waals surface area contributed by atoms with E-state index in [-0.39, 0.29) is 12.6 Å². The van der Waals surface area contributed by atoms with E-state index in [1.807, 2.05) is 32.0 Å². The van der Waals surface area contributed by atoms with Crippen molar-refractivity contribution >= 4 is 17.5 Å². The summed E-state index contributed by atoms with van der Waals surface area (Å²) in [5.74, 6) is -1.08. The molecular weight excluding hydrogens is 268 g/mol. The lowest BCUT2D eigenvalue weighted by molar-refractivity contribution is -0.138. The molecule has 1 aromatic rings. The van der Waals surface area contributed by atoms with E-state index in [1.54, 1.807) is 4.90 Å². The van der Waals surface area contributed by atoms with Crippen molar-refractivity contribution in [1.29, 1.82) is 0 Å². The highest BCUT2D eigenvalue weighted by Crippen LogP contribution is 2.30. The molecule has 2 N–H and O–H groups in total. The van der Waals surface area contributed by atoms with Crippen molar-refractivity contribution in [3.8, 4) is 0 Å². The van der Waals surface area contributed by atoms with Gasteiger partial charge in [0.1, 0.15) is 0 Å². The monoisotopic (exact) mass is 290 g/mol. The molecule has 1 aromatic carbocycles. The van der Waals surface area contributed by atoms with Gasteiger partial charge in [-0.05, 0) is 50.3 Å². The number of anilines is 1. The average Bonchev–Trinajstić information content (AvgIpc) is 2.89. The maximum absolute atomic E-state index is 12.3. The Labute approximate surface area is 125 Å². The predicted octanol–water partition coefficient (Wildman–Crippen LogP) is 1.16. The molecule has 0 saturated carbocycles. The van der Waals surface area contributed by atoms with Crippen molar-refractivity contribution < 1.29 is 14.7 Å². The molecule has 1 atom stereocenters. The number of carbonyl (C=O) groups excluding carboxylic acids is 2. The van der Waals surface area contributed by atoms with Gasteiger partial charge >= 0.3 is 11.8 Å². The Hall–Kier alpha value is -1.88. The molecule has 2 amide bonds. The number of aliphatic hydroxyl groups excluding tert-OH is 1. The Kier molecular flexibility index (Phi) is 4.96. The van der Waals surface area contributed by atoms with Crippen LogP contribution in [0.15, 0.2) is 18.2 Å². The predicted molar refractivity (Wildman–Crippen MR) is 81.2 cm³/mol. The van der Waals surface area contributed by atoms with E-state index in [0.717, 1.165) is 23.2 Å². The number of amides is 2. The first-order valence-corrected chi connectivity index (χ1v) is 7.36. The first-order valence-electron chi connectivity index (χ1n) is 7.36. The van der Waals surface area contributed by atoms with Gasteiger partial charge in [0.05, 0.1) is 0 Å². The van der Waals surface area contributed by atoms with Crippen molar-refractivity contribution in [2.45, 2.75) is 39.2 Å². The first kappa shape index (κ1) is 15.5. The van der Waals surface area contributed by atoms with Crippen molar-refractivity contribution in [1.82, 2.24) is 5.32 Å². The maximum atomic E-state index is 12.3. The van der Waals surface area contributed by atoms with Gasteiger partial charge in [-0.1, -0.05) is 12.1 Å². The number of rotatable bonds is 4. The molecule has 0 spiro atoms. The molecule has 0 aromatic heterocycles. The Balaban J connectivity index is 2.02. The number of aryl methyl sites for hydroxylation is 1. The average molecular weight is 290 g/mol. The highest BCUT2D eigenvalue weighted by molar-refractivity contribution is 6.40. The molecule has 5 heteroatoms. The van der Waals surface area contributed by atoms with Crippen LogP contribution in [0.4, 0.5) is 5.69 Å². The molecular formula is C16H22N2O3. The van der Waals surface area contributed by atoms with Gasteiger partial charge in [0.2, 0.25) is 0 Å².